The van der Waals surface area contributed by atoms with E-state index in [2.05, 4.69) is 17.0 Å². The number of nitrogens with two attached hydrogens (primary N) is 1. The summed E-state index contributed by atoms with van der Waals surface area (Å²) in [5, 5.41) is 0. The molecule has 2 N–H and O–H groups in total. The number of amides is 1. The first-order valence-corrected chi connectivity index (χ1v) is 6.03. The van der Waals surface area contributed by atoms with Crippen LogP contribution >= 0.6 is 0 Å². The summed E-state index contributed by atoms with van der Waals surface area (Å²) in [7, 11) is 0. The van der Waals surface area contributed by atoms with Crippen LogP contribution in [-0.2, 0) is 4.79 Å². The highest BCUT2D eigenvalue weighted by Gasteiger charge is 2.22. The van der Waals surface area contributed by atoms with Gasteiger partial charge in [-0.3, -0.25) is 4.79 Å². The van der Waals surface area contributed by atoms with Crippen LogP contribution in [-0.4, -0.2) is 43.0 Å². The van der Waals surface area contributed by atoms with Crippen molar-refractivity contribution >= 4 is 11.6 Å². The number of piperazine rings is 1. The SMILES string of the molecule is C[C@H](N)C(=O)N1CCN(c2ccccc2)CC1. The van der Waals surface area contributed by atoms with E-state index < -0.39 is 6.04 Å². The maximum absolute atomic E-state index is 11.7. The van der Waals surface area contributed by atoms with Gasteiger partial charge in [-0.1, -0.05) is 18.2 Å². The molecule has 1 aliphatic heterocycles. The predicted octanol–water partition coefficient (Wildman–Crippen LogP) is 0.682. The van der Waals surface area contributed by atoms with Crippen LogP contribution in [0.3, 0.4) is 0 Å². The van der Waals surface area contributed by atoms with E-state index in [0.29, 0.717) is 0 Å². The minimum absolute atomic E-state index is 0.0534. The minimum atomic E-state index is -0.390. The summed E-state index contributed by atoms with van der Waals surface area (Å²) < 4.78 is 0. The molecule has 0 saturated carbocycles. The Morgan fingerprint density at radius 1 is 1.18 bits per heavy atom. The summed E-state index contributed by atoms with van der Waals surface area (Å²) in [6, 6.07) is 9.90. The zero-order valence-corrected chi connectivity index (χ0v) is 10.2. The van der Waals surface area contributed by atoms with E-state index in [9.17, 15) is 4.79 Å². The molecule has 17 heavy (non-hydrogen) atoms. The average Bonchev–Trinajstić information content (AvgIpc) is 2.39. The molecule has 4 nitrogen and oxygen atoms in total. The van der Waals surface area contributed by atoms with Gasteiger partial charge in [0, 0.05) is 31.9 Å². The molecular weight excluding hydrogens is 214 g/mol. The molecule has 1 aromatic carbocycles. The minimum Gasteiger partial charge on any atom is -0.368 e. The zero-order valence-electron chi connectivity index (χ0n) is 10.2. The highest BCUT2D eigenvalue weighted by Crippen LogP contribution is 2.15. The highest BCUT2D eigenvalue weighted by atomic mass is 16.2. The van der Waals surface area contributed by atoms with Crippen LogP contribution in [0.25, 0.3) is 0 Å². The Morgan fingerprint density at radius 3 is 2.29 bits per heavy atom. The zero-order chi connectivity index (χ0) is 12.3. The third-order valence-corrected chi connectivity index (χ3v) is 3.10. The quantitative estimate of drug-likeness (QED) is 0.817. The van der Waals surface area contributed by atoms with Crippen LogP contribution in [0.15, 0.2) is 30.3 Å². The fourth-order valence-electron chi connectivity index (χ4n) is 2.11. The van der Waals surface area contributed by atoms with Crippen LogP contribution < -0.4 is 10.6 Å². The van der Waals surface area contributed by atoms with Gasteiger partial charge in [-0.05, 0) is 19.1 Å². The highest BCUT2D eigenvalue weighted by molar-refractivity contribution is 5.81. The van der Waals surface area contributed by atoms with Crippen LogP contribution in [0.5, 0.6) is 0 Å². The van der Waals surface area contributed by atoms with Crippen LogP contribution in [0.2, 0.25) is 0 Å². The third-order valence-electron chi connectivity index (χ3n) is 3.10. The van der Waals surface area contributed by atoms with E-state index in [-0.39, 0.29) is 5.91 Å². The van der Waals surface area contributed by atoms with E-state index >= 15 is 0 Å². The van der Waals surface area contributed by atoms with Crippen molar-refractivity contribution in [1.82, 2.24) is 4.90 Å². The number of para-hydroxylation sites is 1. The molecule has 4 heteroatoms. The third kappa shape index (κ3) is 2.77. The molecule has 0 bridgehead atoms. The number of benzene rings is 1. The number of hydrogen-bond donors (Lipinski definition) is 1. The summed E-state index contributed by atoms with van der Waals surface area (Å²) in [6.07, 6.45) is 0. The fourth-order valence-corrected chi connectivity index (χ4v) is 2.11. The van der Waals surface area contributed by atoms with E-state index in [1.54, 1.807) is 6.92 Å². The number of anilines is 1. The first-order valence-electron chi connectivity index (χ1n) is 6.03. The lowest BCUT2D eigenvalue weighted by Crippen LogP contribution is -2.52. The van der Waals surface area contributed by atoms with E-state index in [0.717, 1.165) is 26.2 Å². The molecule has 0 unspecified atom stereocenters. The van der Waals surface area contributed by atoms with Crippen molar-refractivity contribution in [2.24, 2.45) is 5.73 Å². The van der Waals surface area contributed by atoms with E-state index in [1.165, 1.54) is 5.69 Å². The molecule has 1 amide bonds. The standard InChI is InChI=1S/C13H19N3O/c1-11(14)13(17)16-9-7-15(8-10-16)12-5-3-2-4-6-12/h2-6,11H,7-10,14H2,1H3/t11-/m0/s1. The first-order chi connectivity index (χ1) is 8.18. The molecule has 0 aliphatic carbocycles. The molecule has 1 atom stereocenters. The van der Waals surface area contributed by atoms with Gasteiger partial charge in [0.25, 0.3) is 0 Å². The van der Waals surface area contributed by atoms with Gasteiger partial charge in [0.05, 0.1) is 6.04 Å². The Kier molecular flexibility index (Phi) is 3.64. The second-order valence-electron chi connectivity index (χ2n) is 4.44. The number of carbonyl (C=O) groups excluding carboxylic acids is 1. The summed E-state index contributed by atoms with van der Waals surface area (Å²) in [6.45, 7) is 5.02. The molecule has 1 saturated heterocycles. The predicted molar refractivity (Wildman–Crippen MR) is 68.9 cm³/mol. The van der Waals surface area contributed by atoms with Gasteiger partial charge in [-0.25, -0.2) is 0 Å². The van der Waals surface area contributed by atoms with Gasteiger partial charge in [0.1, 0.15) is 0 Å². The summed E-state index contributed by atoms with van der Waals surface area (Å²) in [5.41, 5.74) is 6.83. The number of nitrogens with zero attached hydrogens (tertiary/aromatic N) is 2. The molecule has 1 aromatic rings. The fraction of sp³-hybridized carbons (Fsp3) is 0.462. The smallest absolute Gasteiger partial charge is 0.239 e. The molecule has 1 fully saturated rings. The molecule has 0 aromatic heterocycles. The number of hydrogen-bond acceptors (Lipinski definition) is 3. The Morgan fingerprint density at radius 2 is 1.76 bits per heavy atom. The van der Waals surface area contributed by atoms with Crippen molar-refractivity contribution in [3.05, 3.63) is 30.3 Å². The number of carbonyl (C=O) groups is 1. The Bertz CT molecular complexity index is 370. The maximum atomic E-state index is 11.7. The lowest BCUT2D eigenvalue weighted by molar-refractivity contribution is -0.132. The van der Waals surface area contributed by atoms with Crippen molar-refractivity contribution in [3.63, 3.8) is 0 Å². The maximum Gasteiger partial charge on any atom is 0.239 e. The summed E-state index contributed by atoms with van der Waals surface area (Å²) in [5.74, 6) is 0.0534. The van der Waals surface area contributed by atoms with Crippen molar-refractivity contribution in [3.8, 4) is 0 Å². The Hall–Kier alpha value is -1.55. The van der Waals surface area contributed by atoms with Crippen LogP contribution in [0.4, 0.5) is 5.69 Å². The topological polar surface area (TPSA) is 49.6 Å². The summed E-state index contributed by atoms with van der Waals surface area (Å²) in [4.78, 5) is 15.9. The van der Waals surface area contributed by atoms with Gasteiger partial charge in [0.15, 0.2) is 0 Å². The lowest BCUT2D eigenvalue weighted by atomic mass is 10.2. The molecular formula is C13H19N3O. The average molecular weight is 233 g/mol. The monoisotopic (exact) mass is 233 g/mol. The molecule has 0 radical (unpaired) electrons. The molecule has 1 aliphatic rings. The van der Waals surface area contributed by atoms with Gasteiger partial charge in [0.2, 0.25) is 5.91 Å². The van der Waals surface area contributed by atoms with Crippen LogP contribution in [0.1, 0.15) is 6.92 Å². The molecule has 2 rings (SSSR count). The van der Waals surface area contributed by atoms with E-state index in [1.807, 2.05) is 23.1 Å². The first kappa shape index (κ1) is 11.9. The van der Waals surface area contributed by atoms with E-state index in [4.69, 9.17) is 5.73 Å². The Labute approximate surface area is 102 Å². The molecule has 92 valence electrons. The van der Waals surface area contributed by atoms with Gasteiger partial charge in [-0.15, -0.1) is 0 Å². The van der Waals surface area contributed by atoms with Crippen molar-refractivity contribution in [1.29, 1.82) is 0 Å². The normalized spacial score (nSPS) is 18.0. The second-order valence-corrected chi connectivity index (χ2v) is 4.44. The van der Waals surface area contributed by atoms with Gasteiger partial charge >= 0.3 is 0 Å². The van der Waals surface area contributed by atoms with Gasteiger partial charge < -0.3 is 15.5 Å². The largest absolute Gasteiger partial charge is 0.368 e. The summed E-state index contributed by atoms with van der Waals surface area (Å²) >= 11 is 0. The number of rotatable bonds is 2. The van der Waals surface area contributed by atoms with Crippen molar-refractivity contribution in [2.45, 2.75) is 13.0 Å². The Balaban J connectivity index is 1.93. The molecule has 0 spiro atoms. The second kappa shape index (κ2) is 5.19. The van der Waals surface area contributed by atoms with Crippen molar-refractivity contribution < 1.29 is 4.79 Å². The van der Waals surface area contributed by atoms with Crippen LogP contribution in [0, 0.1) is 0 Å². The molecule has 1 heterocycles. The van der Waals surface area contributed by atoms with Crippen molar-refractivity contribution in [2.75, 3.05) is 31.1 Å². The lowest BCUT2D eigenvalue weighted by Gasteiger charge is -2.36. The van der Waals surface area contributed by atoms with Gasteiger partial charge in [-0.2, -0.15) is 0 Å².